The molecule has 0 aliphatic carbocycles. The SMILES string of the molecule is COS(=O)(=O)O.Cc1[nH]c2ccccc2c1C(C)(C)N(C)C. The van der Waals surface area contributed by atoms with E-state index in [0.29, 0.717) is 0 Å². The Morgan fingerprint density at radius 1 is 1.23 bits per heavy atom. The van der Waals surface area contributed by atoms with E-state index in [4.69, 9.17) is 4.55 Å². The summed E-state index contributed by atoms with van der Waals surface area (Å²) in [4.78, 5) is 5.72. The van der Waals surface area contributed by atoms with Crippen LogP contribution in [0.3, 0.4) is 0 Å². The zero-order valence-electron chi connectivity index (χ0n) is 13.8. The summed E-state index contributed by atoms with van der Waals surface area (Å²) in [6, 6.07) is 8.51. The van der Waals surface area contributed by atoms with Crippen LogP contribution in [-0.2, 0) is 20.1 Å². The first-order valence-electron chi connectivity index (χ1n) is 6.79. The number of H-pyrrole nitrogens is 1. The number of aromatic amines is 1. The third-order valence-electron chi connectivity index (χ3n) is 3.83. The van der Waals surface area contributed by atoms with Gasteiger partial charge in [0, 0.05) is 27.7 Å². The van der Waals surface area contributed by atoms with Gasteiger partial charge in [-0.05, 0) is 40.9 Å². The van der Waals surface area contributed by atoms with Crippen LogP contribution in [-0.4, -0.2) is 44.1 Å². The van der Waals surface area contributed by atoms with Crippen LogP contribution in [0.2, 0.25) is 0 Å². The second-order valence-electron chi connectivity index (χ2n) is 5.72. The van der Waals surface area contributed by atoms with E-state index in [-0.39, 0.29) is 5.54 Å². The fourth-order valence-corrected chi connectivity index (χ4v) is 2.29. The molecule has 0 atom stereocenters. The summed E-state index contributed by atoms with van der Waals surface area (Å²) < 4.78 is 29.7. The molecule has 0 bridgehead atoms. The number of aryl methyl sites for hydroxylation is 1. The Morgan fingerprint density at radius 3 is 2.18 bits per heavy atom. The molecule has 0 fully saturated rings. The van der Waals surface area contributed by atoms with Crippen molar-refractivity contribution in [3.8, 4) is 0 Å². The van der Waals surface area contributed by atoms with E-state index in [2.05, 4.69) is 73.2 Å². The lowest BCUT2D eigenvalue weighted by molar-refractivity contribution is 0.198. The molecular formula is C15H24N2O4S. The quantitative estimate of drug-likeness (QED) is 0.847. The van der Waals surface area contributed by atoms with Crippen molar-refractivity contribution in [3.63, 3.8) is 0 Å². The average Bonchev–Trinajstić information content (AvgIpc) is 2.74. The third-order valence-corrected chi connectivity index (χ3v) is 4.26. The molecule has 0 saturated carbocycles. The second-order valence-corrected chi connectivity index (χ2v) is 6.91. The van der Waals surface area contributed by atoms with Crippen molar-refractivity contribution in [2.75, 3.05) is 21.2 Å². The van der Waals surface area contributed by atoms with Crippen molar-refractivity contribution < 1.29 is 17.2 Å². The number of fused-ring (bicyclic) bond motifs is 1. The van der Waals surface area contributed by atoms with Gasteiger partial charge in [-0.15, -0.1) is 0 Å². The van der Waals surface area contributed by atoms with Crippen LogP contribution >= 0.6 is 0 Å². The molecule has 124 valence electrons. The fourth-order valence-electron chi connectivity index (χ4n) is 2.29. The molecular weight excluding hydrogens is 304 g/mol. The Balaban J connectivity index is 0.000000346. The number of hydrogen-bond donors (Lipinski definition) is 2. The number of para-hydroxylation sites is 1. The Bertz CT molecular complexity index is 733. The van der Waals surface area contributed by atoms with Gasteiger partial charge in [0.15, 0.2) is 0 Å². The molecule has 0 spiro atoms. The van der Waals surface area contributed by atoms with Crippen molar-refractivity contribution in [3.05, 3.63) is 35.5 Å². The molecule has 1 aromatic carbocycles. The van der Waals surface area contributed by atoms with Gasteiger partial charge in [-0.2, -0.15) is 8.42 Å². The lowest BCUT2D eigenvalue weighted by Crippen LogP contribution is -2.35. The van der Waals surface area contributed by atoms with Crippen LogP contribution < -0.4 is 0 Å². The van der Waals surface area contributed by atoms with Gasteiger partial charge in [0.05, 0.1) is 7.11 Å². The summed E-state index contributed by atoms with van der Waals surface area (Å²) in [5, 5.41) is 1.33. The van der Waals surface area contributed by atoms with E-state index in [1.165, 1.54) is 22.2 Å². The highest BCUT2D eigenvalue weighted by molar-refractivity contribution is 7.80. The zero-order chi connectivity index (χ0) is 17.1. The topological polar surface area (TPSA) is 82.6 Å². The largest absolute Gasteiger partial charge is 0.397 e. The van der Waals surface area contributed by atoms with Gasteiger partial charge in [-0.3, -0.25) is 8.74 Å². The summed E-state index contributed by atoms with van der Waals surface area (Å²) in [5.74, 6) is 0. The summed E-state index contributed by atoms with van der Waals surface area (Å²) in [6.45, 7) is 6.67. The van der Waals surface area contributed by atoms with E-state index < -0.39 is 10.4 Å². The highest BCUT2D eigenvalue weighted by atomic mass is 32.3. The molecule has 0 unspecified atom stereocenters. The Kier molecular flexibility index (Phi) is 5.75. The van der Waals surface area contributed by atoms with Gasteiger partial charge < -0.3 is 9.88 Å². The molecule has 2 N–H and O–H groups in total. The lowest BCUT2D eigenvalue weighted by Gasteiger charge is -2.33. The summed E-state index contributed by atoms with van der Waals surface area (Å²) in [6.07, 6.45) is 0. The van der Waals surface area contributed by atoms with Gasteiger partial charge >= 0.3 is 10.4 Å². The molecule has 2 rings (SSSR count). The Morgan fingerprint density at radius 2 is 1.73 bits per heavy atom. The third kappa shape index (κ3) is 4.30. The van der Waals surface area contributed by atoms with Crippen molar-refractivity contribution in [2.45, 2.75) is 26.3 Å². The minimum atomic E-state index is -4.16. The van der Waals surface area contributed by atoms with E-state index in [1.54, 1.807) is 0 Å². The zero-order valence-corrected chi connectivity index (χ0v) is 14.7. The van der Waals surface area contributed by atoms with E-state index in [0.717, 1.165) is 7.11 Å². The molecule has 0 aliphatic heterocycles. The Labute approximate surface area is 132 Å². The normalized spacial score (nSPS) is 12.4. The van der Waals surface area contributed by atoms with Crippen LogP contribution in [0.5, 0.6) is 0 Å². The first-order chi connectivity index (χ1) is 10.0. The summed E-state index contributed by atoms with van der Waals surface area (Å²) >= 11 is 0. The predicted molar refractivity (Wildman–Crippen MR) is 88.3 cm³/mol. The van der Waals surface area contributed by atoms with Gasteiger partial charge in [-0.1, -0.05) is 18.2 Å². The maximum atomic E-state index is 9.33. The molecule has 0 radical (unpaired) electrons. The number of aromatic nitrogens is 1. The maximum absolute atomic E-state index is 9.33. The molecule has 22 heavy (non-hydrogen) atoms. The molecule has 6 nitrogen and oxygen atoms in total. The smallest absolute Gasteiger partial charge is 0.358 e. The highest BCUT2D eigenvalue weighted by Crippen LogP contribution is 2.34. The van der Waals surface area contributed by atoms with Crippen LogP contribution in [0.25, 0.3) is 10.9 Å². The van der Waals surface area contributed by atoms with Crippen molar-refractivity contribution >= 4 is 21.3 Å². The van der Waals surface area contributed by atoms with Gasteiger partial charge in [0.1, 0.15) is 0 Å². The van der Waals surface area contributed by atoms with Gasteiger partial charge in [0.25, 0.3) is 0 Å². The van der Waals surface area contributed by atoms with E-state index in [1.807, 2.05) is 0 Å². The van der Waals surface area contributed by atoms with Crippen molar-refractivity contribution in [2.24, 2.45) is 0 Å². The number of nitrogens with one attached hydrogen (secondary N) is 1. The molecule has 0 saturated heterocycles. The Hall–Kier alpha value is -1.41. The van der Waals surface area contributed by atoms with Crippen LogP contribution in [0.15, 0.2) is 24.3 Å². The van der Waals surface area contributed by atoms with Crippen LogP contribution in [0.1, 0.15) is 25.1 Å². The second kappa shape index (κ2) is 6.78. The fraction of sp³-hybridized carbons (Fsp3) is 0.467. The number of rotatable bonds is 3. The molecule has 0 aliphatic rings. The minimum absolute atomic E-state index is 0.0453. The van der Waals surface area contributed by atoms with Gasteiger partial charge in [-0.25, -0.2) is 0 Å². The number of benzene rings is 1. The number of nitrogens with zero attached hydrogens (tertiary/aromatic N) is 1. The van der Waals surface area contributed by atoms with Crippen molar-refractivity contribution in [1.82, 2.24) is 9.88 Å². The summed E-state index contributed by atoms with van der Waals surface area (Å²) in [7, 11) is 0.961. The van der Waals surface area contributed by atoms with E-state index >= 15 is 0 Å². The van der Waals surface area contributed by atoms with E-state index in [9.17, 15) is 8.42 Å². The number of hydrogen-bond acceptors (Lipinski definition) is 4. The monoisotopic (exact) mass is 328 g/mol. The summed E-state index contributed by atoms with van der Waals surface area (Å²) in [5.41, 5.74) is 3.93. The highest BCUT2D eigenvalue weighted by Gasteiger charge is 2.28. The molecule has 1 heterocycles. The average molecular weight is 328 g/mol. The molecule has 0 amide bonds. The minimum Gasteiger partial charge on any atom is -0.358 e. The van der Waals surface area contributed by atoms with Crippen LogP contribution in [0.4, 0.5) is 0 Å². The first kappa shape index (κ1) is 18.6. The molecule has 7 heteroatoms. The predicted octanol–water partition coefficient (Wildman–Crippen LogP) is 2.71. The van der Waals surface area contributed by atoms with Crippen molar-refractivity contribution in [1.29, 1.82) is 0 Å². The first-order valence-corrected chi connectivity index (χ1v) is 8.15. The standard InChI is InChI=1S/C14H20N2.CH4O4S/c1-10-13(14(2,3)16(4)5)11-8-6-7-9-12(11)15-10;1-5-6(2,3)4/h6-9,15H,1-5H3;1H3,(H,2,3,4). The molecule has 2 aromatic rings. The lowest BCUT2D eigenvalue weighted by atomic mass is 9.90. The maximum Gasteiger partial charge on any atom is 0.397 e. The van der Waals surface area contributed by atoms with Gasteiger partial charge in [0.2, 0.25) is 0 Å². The van der Waals surface area contributed by atoms with Crippen LogP contribution in [0, 0.1) is 6.92 Å². The molecule has 1 aromatic heterocycles.